The first-order valence-electron chi connectivity index (χ1n) is 11.6. The van der Waals surface area contributed by atoms with Crippen LogP contribution in [0.5, 0.6) is 0 Å². The van der Waals surface area contributed by atoms with Crippen molar-refractivity contribution >= 4 is 34.2 Å². The summed E-state index contributed by atoms with van der Waals surface area (Å²) < 4.78 is 5.51. The number of aliphatic hydroxyl groups excluding tert-OH is 1. The van der Waals surface area contributed by atoms with E-state index in [9.17, 15) is 5.11 Å². The lowest BCUT2D eigenvalue weighted by molar-refractivity contribution is 0.122. The van der Waals surface area contributed by atoms with E-state index in [0.717, 1.165) is 61.7 Å². The van der Waals surface area contributed by atoms with Crippen molar-refractivity contribution in [2.45, 2.75) is 19.4 Å². The van der Waals surface area contributed by atoms with Gasteiger partial charge in [0.05, 0.1) is 36.9 Å². The standard InChI is InChI=1S/C23H30N8O2/c1-2-19(32)18-13-16-14-26-23(29-21(16)22(27-18)31-9-11-33-12-10-31)28-20-4-3-17(15-25-20)30-7-5-24-6-8-30/h3-4,13-15,19,24,32H,2,5-12H2,1H3,(H,25,26,28,29). The summed E-state index contributed by atoms with van der Waals surface area (Å²) in [6.07, 6.45) is 3.63. The molecule has 1 unspecified atom stereocenters. The number of rotatable bonds is 6. The van der Waals surface area contributed by atoms with E-state index in [2.05, 4.69) is 36.5 Å². The summed E-state index contributed by atoms with van der Waals surface area (Å²) in [6, 6.07) is 5.89. The van der Waals surface area contributed by atoms with Crippen LogP contribution in [0.3, 0.4) is 0 Å². The van der Waals surface area contributed by atoms with Crippen LogP contribution < -0.4 is 20.4 Å². The van der Waals surface area contributed by atoms with Crippen LogP contribution in [0, 0.1) is 0 Å². The zero-order valence-electron chi connectivity index (χ0n) is 18.9. The van der Waals surface area contributed by atoms with Gasteiger partial charge in [0.25, 0.3) is 0 Å². The van der Waals surface area contributed by atoms with Crippen molar-refractivity contribution in [3.8, 4) is 0 Å². The highest BCUT2D eigenvalue weighted by Gasteiger charge is 2.20. The van der Waals surface area contributed by atoms with Crippen LogP contribution >= 0.6 is 0 Å². The van der Waals surface area contributed by atoms with Gasteiger partial charge in [-0.15, -0.1) is 0 Å². The minimum Gasteiger partial charge on any atom is -0.387 e. The largest absolute Gasteiger partial charge is 0.387 e. The Labute approximate surface area is 193 Å². The van der Waals surface area contributed by atoms with E-state index in [0.29, 0.717) is 37.1 Å². The SMILES string of the molecule is CCC(O)c1cc2cnc(Nc3ccc(N4CCNCC4)cn3)nc2c(N2CCOCC2)n1. The van der Waals surface area contributed by atoms with Crippen molar-refractivity contribution in [1.29, 1.82) is 0 Å². The Bertz CT molecular complexity index is 1080. The molecule has 2 saturated heterocycles. The number of ether oxygens (including phenoxy) is 1. The molecule has 10 heteroatoms. The summed E-state index contributed by atoms with van der Waals surface area (Å²) in [7, 11) is 0. The maximum Gasteiger partial charge on any atom is 0.229 e. The molecule has 0 saturated carbocycles. The molecule has 174 valence electrons. The Morgan fingerprint density at radius 3 is 2.61 bits per heavy atom. The molecule has 0 aromatic carbocycles. The van der Waals surface area contributed by atoms with Crippen LogP contribution in [-0.2, 0) is 4.74 Å². The van der Waals surface area contributed by atoms with Crippen LogP contribution in [0.25, 0.3) is 10.9 Å². The van der Waals surface area contributed by atoms with Gasteiger partial charge in [0, 0.05) is 50.9 Å². The first-order chi connectivity index (χ1) is 16.2. The van der Waals surface area contributed by atoms with Crippen molar-refractivity contribution in [3.05, 3.63) is 36.3 Å². The maximum atomic E-state index is 10.4. The quantitative estimate of drug-likeness (QED) is 0.514. The van der Waals surface area contributed by atoms with E-state index < -0.39 is 6.10 Å². The van der Waals surface area contributed by atoms with E-state index in [4.69, 9.17) is 14.7 Å². The Hall–Kier alpha value is -3.08. The topological polar surface area (TPSA) is 112 Å². The Kier molecular flexibility index (Phi) is 6.47. The lowest BCUT2D eigenvalue weighted by Crippen LogP contribution is -2.43. The van der Waals surface area contributed by atoms with E-state index in [1.54, 1.807) is 6.20 Å². The molecule has 3 N–H and O–H groups in total. The van der Waals surface area contributed by atoms with Gasteiger partial charge >= 0.3 is 0 Å². The van der Waals surface area contributed by atoms with Crippen LogP contribution in [-0.4, -0.2) is 77.5 Å². The molecule has 33 heavy (non-hydrogen) atoms. The molecule has 5 rings (SSSR count). The molecule has 3 aromatic heterocycles. The first-order valence-corrected chi connectivity index (χ1v) is 11.6. The average molecular weight is 451 g/mol. The number of nitrogens with one attached hydrogen (secondary N) is 2. The second kappa shape index (κ2) is 9.82. The number of nitrogens with zero attached hydrogens (tertiary/aromatic N) is 6. The first kappa shape index (κ1) is 21.7. The molecule has 10 nitrogen and oxygen atoms in total. The number of hydrogen-bond donors (Lipinski definition) is 3. The average Bonchev–Trinajstić information content (AvgIpc) is 2.89. The zero-order valence-corrected chi connectivity index (χ0v) is 18.9. The lowest BCUT2D eigenvalue weighted by atomic mass is 10.1. The molecule has 0 radical (unpaired) electrons. The molecule has 0 amide bonds. The third-order valence-corrected chi connectivity index (χ3v) is 6.08. The maximum absolute atomic E-state index is 10.4. The molecular weight excluding hydrogens is 420 g/mol. The Morgan fingerprint density at radius 2 is 1.88 bits per heavy atom. The summed E-state index contributed by atoms with van der Waals surface area (Å²) in [5.41, 5.74) is 2.50. The van der Waals surface area contributed by atoms with E-state index in [-0.39, 0.29) is 0 Å². The van der Waals surface area contributed by atoms with Crippen LogP contribution in [0.4, 0.5) is 23.3 Å². The smallest absolute Gasteiger partial charge is 0.229 e. The van der Waals surface area contributed by atoms with Gasteiger partial charge in [-0.1, -0.05) is 6.92 Å². The van der Waals surface area contributed by atoms with Gasteiger partial charge in [-0.3, -0.25) is 0 Å². The van der Waals surface area contributed by atoms with Crippen LogP contribution in [0.2, 0.25) is 0 Å². The number of hydrogen-bond acceptors (Lipinski definition) is 10. The fraction of sp³-hybridized carbons (Fsp3) is 0.478. The summed E-state index contributed by atoms with van der Waals surface area (Å²) in [6.45, 7) is 8.62. The van der Waals surface area contributed by atoms with Gasteiger partial charge in [-0.05, 0) is 24.6 Å². The van der Waals surface area contributed by atoms with Gasteiger partial charge in [0.1, 0.15) is 11.3 Å². The molecule has 3 aromatic rings. The minimum absolute atomic E-state index is 0.463. The van der Waals surface area contributed by atoms with E-state index >= 15 is 0 Å². The Morgan fingerprint density at radius 1 is 1.06 bits per heavy atom. The second-order valence-corrected chi connectivity index (χ2v) is 8.29. The third kappa shape index (κ3) is 4.82. The van der Waals surface area contributed by atoms with Crippen molar-refractivity contribution in [2.75, 3.05) is 67.6 Å². The van der Waals surface area contributed by atoms with Gasteiger partial charge in [-0.2, -0.15) is 0 Å². The van der Waals surface area contributed by atoms with Crippen molar-refractivity contribution < 1.29 is 9.84 Å². The van der Waals surface area contributed by atoms with Gasteiger partial charge < -0.3 is 30.3 Å². The van der Waals surface area contributed by atoms with Gasteiger partial charge in [0.2, 0.25) is 5.95 Å². The van der Waals surface area contributed by atoms with Crippen LogP contribution in [0.15, 0.2) is 30.6 Å². The molecule has 0 aliphatic carbocycles. The predicted octanol–water partition coefficient (Wildman–Crippen LogP) is 1.85. The zero-order chi connectivity index (χ0) is 22.6. The molecule has 0 bridgehead atoms. The molecule has 2 aliphatic rings. The molecule has 2 fully saturated rings. The Balaban J connectivity index is 1.43. The number of aliphatic hydroxyl groups is 1. The normalized spacial score (nSPS) is 17.9. The summed E-state index contributed by atoms with van der Waals surface area (Å²) in [5.74, 6) is 1.91. The number of morpholine rings is 1. The summed E-state index contributed by atoms with van der Waals surface area (Å²) >= 11 is 0. The van der Waals surface area contributed by atoms with E-state index in [1.165, 1.54) is 0 Å². The molecule has 0 spiro atoms. The number of aromatic nitrogens is 4. The summed E-state index contributed by atoms with van der Waals surface area (Å²) in [4.78, 5) is 23.1. The highest BCUT2D eigenvalue weighted by molar-refractivity contribution is 5.89. The van der Waals surface area contributed by atoms with Crippen molar-refractivity contribution in [1.82, 2.24) is 25.3 Å². The number of fused-ring (bicyclic) bond motifs is 1. The lowest BCUT2D eigenvalue weighted by Gasteiger charge is -2.29. The molecule has 1 atom stereocenters. The van der Waals surface area contributed by atoms with Crippen LogP contribution in [0.1, 0.15) is 25.1 Å². The van der Waals surface area contributed by atoms with Crippen molar-refractivity contribution in [2.24, 2.45) is 0 Å². The number of anilines is 4. The van der Waals surface area contributed by atoms with Gasteiger partial charge in [0.15, 0.2) is 5.82 Å². The third-order valence-electron chi connectivity index (χ3n) is 6.08. The fourth-order valence-electron chi connectivity index (χ4n) is 4.16. The highest BCUT2D eigenvalue weighted by atomic mass is 16.5. The molecule has 5 heterocycles. The highest BCUT2D eigenvalue weighted by Crippen LogP contribution is 2.29. The number of piperazine rings is 1. The fourth-order valence-corrected chi connectivity index (χ4v) is 4.16. The molecular formula is C23H30N8O2. The van der Waals surface area contributed by atoms with Crippen molar-refractivity contribution in [3.63, 3.8) is 0 Å². The van der Waals surface area contributed by atoms with Gasteiger partial charge in [-0.25, -0.2) is 19.9 Å². The number of pyridine rings is 2. The molecule has 2 aliphatic heterocycles. The van der Waals surface area contributed by atoms with E-state index in [1.807, 2.05) is 25.3 Å². The minimum atomic E-state index is -0.620. The second-order valence-electron chi connectivity index (χ2n) is 8.29. The predicted molar refractivity (Wildman–Crippen MR) is 128 cm³/mol. The summed E-state index contributed by atoms with van der Waals surface area (Å²) in [5, 5.41) is 17.8. The monoisotopic (exact) mass is 450 g/mol.